The van der Waals surface area contributed by atoms with Crippen LogP contribution in [0, 0.1) is 0 Å². The normalized spacial score (nSPS) is 28.8. The molecule has 1 aliphatic rings. The van der Waals surface area contributed by atoms with Gasteiger partial charge in [-0.1, -0.05) is 84.9 Å². The van der Waals surface area contributed by atoms with Crippen molar-refractivity contribution in [1.82, 2.24) is 0 Å². The van der Waals surface area contributed by atoms with Crippen molar-refractivity contribution in [3.05, 3.63) is 0 Å². The number of aliphatic hydroxyl groups excluding tert-OH is 1. The molecule has 1 fully saturated rings. The van der Waals surface area contributed by atoms with Gasteiger partial charge in [-0.15, -0.1) is 0 Å². The molecule has 0 amide bonds. The molecule has 1 rings (SSSR count). The molecule has 0 radical (unpaired) electrons. The summed E-state index contributed by atoms with van der Waals surface area (Å²) in [6.07, 6.45) is -2.52. The summed E-state index contributed by atoms with van der Waals surface area (Å²) in [5.74, 6) is 0. The molecule has 1 aliphatic heterocycles. The van der Waals surface area contributed by atoms with Gasteiger partial charge in [-0.3, -0.25) is 0 Å². The Morgan fingerprint density at radius 2 is 0.939 bits per heavy atom. The van der Waals surface area contributed by atoms with Crippen LogP contribution < -0.4 is 0 Å². The summed E-state index contributed by atoms with van der Waals surface area (Å²) in [6.45, 7) is 33.7. The van der Waals surface area contributed by atoms with Gasteiger partial charge in [0.15, 0.2) is 31.2 Å². The summed E-state index contributed by atoms with van der Waals surface area (Å²) in [5, 5.41) is 11.3. The minimum atomic E-state index is -2.20. The lowest BCUT2D eigenvalue weighted by molar-refractivity contribution is -0.266. The van der Waals surface area contributed by atoms with Crippen LogP contribution >= 0.6 is 22.6 Å². The van der Waals surface area contributed by atoms with Crippen LogP contribution in [-0.2, 0) is 18.0 Å². The summed E-state index contributed by atoms with van der Waals surface area (Å²) in [5.41, 5.74) is 0. The van der Waals surface area contributed by atoms with E-state index in [0.717, 1.165) is 4.43 Å². The van der Waals surface area contributed by atoms with E-state index in [4.69, 9.17) is 18.0 Å². The lowest BCUT2D eigenvalue weighted by atomic mass is 10.0. The Morgan fingerprint density at radius 1 is 0.636 bits per heavy atom. The molecule has 0 aromatic rings. The first-order valence-corrected chi connectivity index (χ1v) is 22.6. The fourth-order valence-electron chi connectivity index (χ4n) is 2.97. The number of rotatable bonds is 7. The Bertz CT molecular complexity index is 650. The van der Waals surface area contributed by atoms with Crippen LogP contribution in [0.3, 0.4) is 0 Å². The number of aliphatic hydroxyl groups is 1. The summed E-state index contributed by atoms with van der Waals surface area (Å²) in [7, 11) is -6.53. The van der Waals surface area contributed by atoms with E-state index in [-0.39, 0.29) is 33.4 Å². The van der Waals surface area contributed by atoms with E-state index < -0.39 is 37.3 Å². The Balaban J connectivity index is 3.58. The van der Waals surface area contributed by atoms with E-state index in [2.05, 4.69) is 124 Å². The second-order valence-corrected chi connectivity index (χ2v) is 29.4. The molecular weight excluding hydrogens is 579 g/mol. The van der Waals surface area contributed by atoms with E-state index in [1.54, 1.807) is 0 Å². The van der Waals surface area contributed by atoms with Crippen LogP contribution in [0.5, 0.6) is 0 Å². The Hall–Kier alpha value is 1.18. The molecule has 0 saturated carbocycles. The van der Waals surface area contributed by atoms with Gasteiger partial charge in [0, 0.05) is 4.43 Å². The maximum Gasteiger partial charge on any atom is 0.192 e. The predicted octanol–water partition coefficient (Wildman–Crippen LogP) is 7.31. The second-order valence-electron chi connectivity index (χ2n) is 14.2. The second kappa shape index (κ2) is 10.5. The number of ether oxygens (including phenoxy) is 1. The highest BCUT2D eigenvalue weighted by Gasteiger charge is 2.55. The molecule has 1 saturated heterocycles. The fraction of sp³-hybridized carbons (Fsp3) is 1.00. The van der Waals surface area contributed by atoms with Crippen molar-refractivity contribution in [2.24, 2.45) is 0 Å². The molecule has 0 aliphatic carbocycles. The van der Waals surface area contributed by atoms with E-state index in [0.29, 0.717) is 0 Å². The molecule has 9 heteroatoms. The van der Waals surface area contributed by atoms with Crippen LogP contribution in [0.4, 0.5) is 0 Å². The first-order chi connectivity index (χ1) is 14.4. The number of halogens is 1. The third kappa shape index (κ3) is 7.59. The van der Waals surface area contributed by atoms with Gasteiger partial charge >= 0.3 is 0 Å². The highest BCUT2D eigenvalue weighted by molar-refractivity contribution is 14.1. The minimum absolute atomic E-state index is 0.00411. The molecule has 0 aromatic heterocycles. The predicted molar refractivity (Wildman–Crippen MR) is 156 cm³/mol. The monoisotopic (exact) mass is 632 g/mol. The molecule has 33 heavy (non-hydrogen) atoms. The number of hydrogen-bond acceptors (Lipinski definition) is 5. The van der Waals surface area contributed by atoms with Crippen LogP contribution in [0.1, 0.15) is 62.3 Å². The van der Waals surface area contributed by atoms with Crippen molar-refractivity contribution in [2.75, 3.05) is 4.43 Å². The van der Waals surface area contributed by atoms with E-state index >= 15 is 0 Å². The average Bonchev–Trinajstić information content (AvgIpc) is 2.56. The molecule has 0 bridgehead atoms. The van der Waals surface area contributed by atoms with E-state index in [9.17, 15) is 5.11 Å². The van der Waals surface area contributed by atoms with Crippen LogP contribution in [0.25, 0.3) is 0 Å². The zero-order chi connectivity index (χ0) is 26.4. The van der Waals surface area contributed by atoms with Crippen molar-refractivity contribution < 1.29 is 23.1 Å². The first-order valence-electron chi connectivity index (χ1n) is 12.3. The number of hydrogen-bond donors (Lipinski definition) is 1. The zero-order valence-electron chi connectivity index (χ0n) is 24.1. The number of alkyl halides is 1. The zero-order valence-corrected chi connectivity index (χ0v) is 29.2. The van der Waals surface area contributed by atoms with Gasteiger partial charge in [0.05, 0.1) is 12.2 Å². The molecule has 0 aromatic carbocycles. The van der Waals surface area contributed by atoms with Crippen molar-refractivity contribution >= 4 is 47.5 Å². The maximum atomic E-state index is 11.2. The maximum absolute atomic E-state index is 11.2. The molecule has 5 atom stereocenters. The highest BCUT2D eigenvalue weighted by atomic mass is 127. The summed E-state index contributed by atoms with van der Waals surface area (Å²) in [4.78, 5) is 0. The van der Waals surface area contributed by atoms with Gasteiger partial charge in [0.2, 0.25) is 0 Å². The third-order valence-electron chi connectivity index (χ3n) is 8.47. The smallest absolute Gasteiger partial charge is 0.192 e. The largest absolute Gasteiger partial charge is 0.409 e. The first kappa shape index (κ1) is 32.2. The Kier molecular flexibility index (Phi) is 10.3. The van der Waals surface area contributed by atoms with Crippen molar-refractivity contribution in [3.63, 3.8) is 0 Å². The minimum Gasteiger partial charge on any atom is -0.409 e. The standard InChI is InChI=1S/C24H53IO5Si3/c1-22(2,3)31(10,11)28-18-17(16-25)27-21(26)20(30-33(14,15)24(7,8)9)19(18)29-32(12,13)23(4,5)6/h17-21,26H,16H2,1-15H3/t17-,18-,19+,20+,21+/m1/s1. The molecule has 0 spiro atoms. The van der Waals surface area contributed by atoms with Crippen LogP contribution in [0.15, 0.2) is 0 Å². The van der Waals surface area contributed by atoms with Crippen LogP contribution in [-0.4, -0.2) is 65.2 Å². The Morgan fingerprint density at radius 3 is 1.24 bits per heavy atom. The molecular formula is C24H53IO5Si3. The molecule has 198 valence electrons. The molecule has 1 N–H and O–H groups in total. The van der Waals surface area contributed by atoms with E-state index in [1.165, 1.54) is 0 Å². The molecule has 5 nitrogen and oxygen atoms in total. The summed E-state index contributed by atoms with van der Waals surface area (Å²) >= 11 is 2.34. The van der Waals surface area contributed by atoms with Gasteiger partial charge in [-0.05, 0) is 54.4 Å². The lowest BCUT2D eigenvalue weighted by Gasteiger charge is -2.53. The highest BCUT2D eigenvalue weighted by Crippen LogP contribution is 2.45. The summed E-state index contributed by atoms with van der Waals surface area (Å²) < 4.78 is 27.9. The Labute approximate surface area is 221 Å². The van der Waals surface area contributed by atoms with Gasteiger partial charge in [-0.25, -0.2) is 0 Å². The quantitative estimate of drug-likeness (QED) is 0.181. The van der Waals surface area contributed by atoms with Gasteiger partial charge < -0.3 is 23.1 Å². The van der Waals surface area contributed by atoms with Crippen molar-refractivity contribution in [2.45, 2.75) is 147 Å². The fourth-order valence-corrected chi connectivity index (χ4v) is 7.59. The van der Waals surface area contributed by atoms with Gasteiger partial charge in [-0.2, -0.15) is 0 Å². The molecule has 1 heterocycles. The lowest BCUT2D eigenvalue weighted by Crippen LogP contribution is -2.67. The van der Waals surface area contributed by atoms with Crippen LogP contribution in [0.2, 0.25) is 54.4 Å². The average molecular weight is 633 g/mol. The van der Waals surface area contributed by atoms with Crippen molar-refractivity contribution in [1.29, 1.82) is 0 Å². The van der Waals surface area contributed by atoms with Gasteiger partial charge in [0.25, 0.3) is 0 Å². The van der Waals surface area contributed by atoms with Crippen molar-refractivity contribution in [3.8, 4) is 0 Å². The topological polar surface area (TPSA) is 57.2 Å². The van der Waals surface area contributed by atoms with Gasteiger partial charge in [0.1, 0.15) is 12.2 Å². The summed E-state index contributed by atoms with van der Waals surface area (Å²) in [6, 6.07) is 0. The SMILES string of the molecule is CC(C)(C)[Si](C)(C)O[C@@H]1[C@H](O[Si](C)(C)C(C)(C)C)[C@@H](O)O[C@H](CI)[C@H]1O[Si](C)(C)C(C)(C)C. The third-order valence-corrected chi connectivity index (χ3v) is 22.8. The van der Waals surface area contributed by atoms with E-state index in [1.807, 2.05) is 0 Å². The molecule has 0 unspecified atom stereocenters.